The molecule has 0 saturated carbocycles. The van der Waals surface area contributed by atoms with Crippen LogP contribution in [0.3, 0.4) is 0 Å². The Labute approximate surface area is 140 Å². The SMILES string of the molecule is C[n+]1ccccc1CCN1C(=O)c2ccccc2C1=O.[I-]. The van der Waals surface area contributed by atoms with Crippen LogP contribution in [-0.4, -0.2) is 23.3 Å². The Morgan fingerprint density at radius 3 is 2.10 bits per heavy atom. The maximum Gasteiger partial charge on any atom is 0.261 e. The monoisotopic (exact) mass is 394 g/mol. The summed E-state index contributed by atoms with van der Waals surface area (Å²) in [4.78, 5) is 25.8. The van der Waals surface area contributed by atoms with Crippen molar-refractivity contribution in [2.24, 2.45) is 7.05 Å². The highest BCUT2D eigenvalue weighted by molar-refractivity contribution is 6.21. The fourth-order valence-electron chi connectivity index (χ4n) is 2.49. The molecule has 0 saturated heterocycles. The van der Waals surface area contributed by atoms with Gasteiger partial charge in [0, 0.05) is 18.7 Å². The van der Waals surface area contributed by atoms with Gasteiger partial charge in [-0.25, -0.2) is 4.57 Å². The van der Waals surface area contributed by atoms with E-state index in [0.717, 1.165) is 5.69 Å². The number of amides is 2. The zero-order valence-corrected chi connectivity index (χ0v) is 13.8. The average molecular weight is 394 g/mol. The molecule has 1 aliphatic heterocycles. The van der Waals surface area contributed by atoms with E-state index in [-0.39, 0.29) is 35.8 Å². The van der Waals surface area contributed by atoms with Gasteiger partial charge in [0.25, 0.3) is 11.8 Å². The lowest BCUT2D eigenvalue weighted by Crippen LogP contribution is -3.00. The lowest BCUT2D eigenvalue weighted by Gasteiger charge is -2.12. The average Bonchev–Trinajstić information content (AvgIpc) is 2.71. The second-order valence-corrected chi connectivity index (χ2v) is 4.86. The summed E-state index contributed by atoms with van der Waals surface area (Å²) in [6.07, 6.45) is 2.61. The summed E-state index contributed by atoms with van der Waals surface area (Å²) >= 11 is 0. The molecule has 3 rings (SSSR count). The number of carbonyl (C=O) groups is 2. The van der Waals surface area contributed by atoms with Gasteiger partial charge in [-0.2, -0.15) is 0 Å². The Morgan fingerprint density at radius 1 is 0.952 bits per heavy atom. The van der Waals surface area contributed by atoms with Gasteiger partial charge < -0.3 is 24.0 Å². The molecule has 2 heterocycles. The van der Waals surface area contributed by atoms with Gasteiger partial charge in [0.15, 0.2) is 11.9 Å². The van der Waals surface area contributed by atoms with Gasteiger partial charge in [-0.15, -0.1) is 0 Å². The van der Waals surface area contributed by atoms with Crippen molar-refractivity contribution in [3.05, 3.63) is 65.5 Å². The van der Waals surface area contributed by atoms with Crippen LogP contribution in [0.5, 0.6) is 0 Å². The molecule has 0 fully saturated rings. The smallest absolute Gasteiger partial charge is 0.261 e. The Kier molecular flexibility index (Phi) is 4.72. The number of halogens is 1. The summed E-state index contributed by atoms with van der Waals surface area (Å²) in [5.41, 5.74) is 2.11. The van der Waals surface area contributed by atoms with E-state index in [4.69, 9.17) is 0 Å². The molecule has 4 nitrogen and oxygen atoms in total. The first-order valence-electron chi connectivity index (χ1n) is 6.57. The molecule has 0 unspecified atom stereocenters. The van der Waals surface area contributed by atoms with Gasteiger partial charge in [-0.05, 0) is 12.1 Å². The minimum atomic E-state index is -0.191. The minimum absolute atomic E-state index is 0. The standard InChI is InChI=1S/C16H15N2O2.HI/c1-17-10-5-4-6-12(17)9-11-18-15(19)13-7-2-3-8-14(13)16(18)20;/h2-8,10H,9,11H2,1H3;1H/q+1;/p-1. The Hall–Kier alpha value is -1.76. The number of aromatic nitrogens is 1. The second kappa shape index (κ2) is 6.34. The predicted molar refractivity (Wildman–Crippen MR) is 73.1 cm³/mol. The van der Waals surface area contributed by atoms with E-state index in [2.05, 4.69) is 0 Å². The number of pyridine rings is 1. The van der Waals surface area contributed by atoms with Crippen molar-refractivity contribution in [1.82, 2.24) is 4.90 Å². The van der Waals surface area contributed by atoms with Gasteiger partial charge >= 0.3 is 0 Å². The van der Waals surface area contributed by atoms with Gasteiger partial charge in [0.1, 0.15) is 7.05 Å². The molecule has 1 aromatic heterocycles. The fourth-order valence-corrected chi connectivity index (χ4v) is 2.49. The summed E-state index contributed by atoms with van der Waals surface area (Å²) in [7, 11) is 1.96. The number of hydrogen-bond acceptors (Lipinski definition) is 2. The van der Waals surface area contributed by atoms with Crippen LogP contribution in [0, 0.1) is 0 Å². The summed E-state index contributed by atoms with van der Waals surface area (Å²) < 4.78 is 2.00. The van der Waals surface area contributed by atoms with Crippen LogP contribution in [0.4, 0.5) is 0 Å². The van der Waals surface area contributed by atoms with Crippen molar-refractivity contribution in [3.8, 4) is 0 Å². The Morgan fingerprint density at radius 2 is 1.52 bits per heavy atom. The lowest BCUT2D eigenvalue weighted by molar-refractivity contribution is -0.679. The summed E-state index contributed by atoms with van der Waals surface area (Å²) in [5.74, 6) is -0.381. The molecule has 0 aliphatic carbocycles. The molecule has 0 atom stereocenters. The number of benzene rings is 1. The van der Waals surface area contributed by atoms with Crippen molar-refractivity contribution in [2.45, 2.75) is 6.42 Å². The predicted octanol–water partition coefficient (Wildman–Crippen LogP) is -1.65. The zero-order chi connectivity index (χ0) is 14.1. The molecule has 2 amide bonds. The number of aryl methyl sites for hydroxylation is 1. The quantitative estimate of drug-likeness (QED) is 0.356. The summed E-state index contributed by atoms with van der Waals surface area (Å²) in [6, 6.07) is 12.9. The van der Waals surface area contributed by atoms with Crippen LogP contribution in [0.1, 0.15) is 26.4 Å². The molecule has 0 N–H and O–H groups in total. The normalized spacial score (nSPS) is 13.1. The van der Waals surface area contributed by atoms with Gasteiger partial charge in [-0.3, -0.25) is 14.5 Å². The third-order valence-electron chi connectivity index (χ3n) is 3.63. The molecule has 0 spiro atoms. The molecule has 108 valence electrons. The maximum atomic E-state index is 12.2. The van der Waals surface area contributed by atoms with Crippen molar-refractivity contribution in [3.63, 3.8) is 0 Å². The number of carbonyl (C=O) groups excluding carboxylic acids is 2. The largest absolute Gasteiger partial charge is 1.00 e. The van der Waals surface area contributed by atoms with Crippen LogP contribution in [0.25, 0.3) is 0 Å². The number of fused-ring (bicyclic) bond motifs is 1. The molecule has 0 bridgehead atoms. The van der Waals surface area contributed by atoms with E-state index < -0.39 is 0 Å². The number of nitrogens with zero attached hydrogens (tertiary/aromatic N) is 2. The highest BCUT2D eigenvalue weighted by Crippen LogP contribution is 2.22. The van der Waals surface area contributed by atoms with E-state index in [0.29, 0.717) is 24.1 Å². The van der Waals surface area contributed by atoms with Gasteiger partial charge in [0.05, 0.1) is 17.5 Å². The second-order valence-electron chi connectivity index (χ2n) is 4.86. The molecular weight excluding hydrogens is 379 g/mol. The van der Waals surface area contributed by atoms with Crippen LogP contribution in [0.15, 0.2) is 48.7 Å². The number of hydrogen-bond donors (Lipinski definition) is 0. The van der Waals surface area contributed by atoms with E-state index in [1.165, 1.54) is 4.90 Å². The highest BCUT2D eigenvalue weighted by atomic mass is 127. The van der Waals surface area contributed by atoms with Crippen molar-refractivity contribution in [1.29, 1.82) is 0 Å². The van der Waals surface area contributed by atoms with E-state index in [1.807, 2.05) is 36.0 Å². The molecule has 5 heteroatoms. The summed E-state index contributed by atoms with van der Waals surface area (Å²) in [5, 5.41) is 0. The topological polar surface area (TPSA) is 41.3 Å². The number of rotatable bonds is 3. The van der Waals surface area contributed by atoms with Crippen LogP contribution in [0.2, 0.25) is 0 Å². The van der Waals surface area contributed by atoms with Crippen LogP contribution in [-0.2, 0) is 13.5 Å². The fraction of sp³-hybridized carbons (Fsp3) is 0.188. The molecule has 1 aliphatic rings. The number of imide groups is 1. The lowest BCUT2D eigenvalue weighted by atomic mass is 10.1. The zero-order valence-electron chi connectivity index (χ0n) is 11.6. The van der Waals surface area contributed by atoms with E-state index >= 15 is 0 Å². The summed E-state index contributed by atoms with van der Waals surface area (Å²) in [6.45, 7) is 0.407. The molecule has 0 radical (unpaired) electrons. The van der Waals surface area contributed by atoms with Crippen LogP contribution < -0.4 is 28.5 Å². The first kappa shape index (κ1) is 15.6. The first-order valence-corrected chi connectivity index (χ1v) is 6.57. The molecule has 1 aromatic carbocycles. The minimum Gasteiger partial charge on any atom is -1.00 e. The molecule has 21 heavy (non-hydrogen) atoms. The van der Waals surface area contributed by atoms with Gasteiger partial charge in [-0.1, -0.05) is 18.2 Å². The Bertz CT molecular complexity index is 665. The Balaban J connectivity index is 0.00000161. The molecule has 2 aromatic rings. The maximum absolute atomic E-state index is 12.2. The van der Waals surface area contributed by atoms with E-state index in [9.17, 15) is 9.59 Å². The van der Waals surface area contributed by atoms with Gasteiger partial charge in [0.2, 0.25) is 0 Å². The molecular formula is C16H15IN2O2. The van der Waals surface area contributed by atoms with Crippen molar-refractivity contribution >= 4 is 11.8 Å². The third kappa shape index (κ3) is 2.83. The highest BCUT2D eigenvalue weighted by Gasteiger charge is 2.34. The van der Waals surface area contributed by atoms with E-state index in [1.54, 1.807) is 24.3 Å². The van der Waals surface area contributed by atoms with Crippen LogP contribution >= 0.6 is 0 Å². The van der Waals surface area contributed by atoms with Crippen molar-refractivity contribution < 1.29 is 38.1 Å². The van der Waals surface area contributed by atoms with Crippen molar-refractivity contribution in [2.75, 3.05) is 6.54 Å². The first-order chi connectivity index (χ1) is 9.68. The third-order valence-corrected chi connectivity index (χ3v) is 3.63.